The van der Waals surface area contributed by atoms with Gasteiger partial charge in [0.15, 0.2) is 0 Å². The average Bonchev–Trinajstić information content (AvgIpc) is 2.50. The molecule has 0 aliphatic carbocycles. The van der Waals surface area contributed by atoms with Gasteiger partial charge in [-0.3, -0.25) is 4.79 Å². The van der Waals surface area contributed by atoms with E-state index in [0.29, 0.717) is 12.5 Å². The number of carbonyl (C=O) groups excluding carboxylic acids is 1. The molecule has 0 heterocycles. The van der Waals surface area contributed by atoms with Crippen molar-refractivity contribution in [1.29, 1.82) is 0 Å². The summed E-state index contributed by atoms with van der Waals surface area (Å²) < 4.78 is 0. The Morgan fingerprint density at radius 2 is 1.86 bits per heavy atom. The number of nitrogens with zero attached hydrogens (tertiary/aromatic N) is 1. The number of hydrogen-bond acceptors (Lipinski definition) is 2. The molecule has 1 rings (SSSR count). The van der Waals surface area contributed by atoms with Gasteiger partial charge >= 0.3 is 0 Å². The van der Waals surface area contributed by atoms with Gasteiger partial charge in [0.1, 0.15) is 0 Å². The fraction of sp³-hybridized carbons (Fsp3) is 0.526. The first-order valence-corrected chi connectivity index (χ1v) is 8.50. The number of terminal acetylenes is 1. The van der Waals surface area contributed by atoms with Crippen LogP contribution < -0.4 is 0 Å². The minimum Gasteiger partial charge on any atom is -0.334 e. The van der Waals surface area contributed by atoms with Crippen LogP contribution in [0.3, 0.4) is 0 Å². The monoisotopic (exact) mass is 317 g/mol. The lowest BCUT2D eigenvalue weighted by molar-refractivity contribution is 0.0579. The van der Waals surface area contributed by atoms with E-state index in [0.717, 1.165) is 23.3 Å². The number of amides is 1. The lowest BCUT2D eigenvalue weighted by Crippen LogP contribution is -2.47. The van der Waals surface area contributed by atoms with Crippen molar-refractivity contribution in [2.75, 3.05) is 12.3 Å². The van der Waals surface area contributed by atoms with Crippen LogP contribution in [-0.4, -0.2) is 29.1 Å². The fourth-order valence-corrected chi connectivity index (χ4v) is 2.94. The summed E-state index contributed by atoms with van der Waals surface area (Å²) >= 11 is 4.28. The highest BCUT2D eigenvalue weighted by Crippen LogP contribution is 2.22. The van der Waals surface area contributed by atoms with Crippen molar-refractivity contribution >= 4 is 18.5 Å². The van der Waals surface area contributed by atoms with Gasteiger partial charge in [-0.2, -0.15) is 12.6 Å². The molecule has 120 valence electrons. The average molecular weight is 317 g/mol. The fourth-order valence-electron chi connectivity index (χ4n) is 2.79. The maximum atomic E-state index is 13.0. The van der Waals surface area contributed by atoms with Gasteiger partial charge in [-0.05, 0) is 44.1 Å². The van der Waals surface area contributed by atoms with Crippen LogP contribution in [0.4, 0.5) is 0 Å². The van der Waals surface area contributed by atoms with Crippen molar-refractivity contribution in [2.24, 2.45) is 11.8 Å². The molecule has 2 unspecified atom stereocenters. The molecule has 0 fully saturated rings. The molecule has 22 heavy (non-hydrogen) atoms. The van der Waals surface area contributed by atoms with Crippen molar-refractivity contribution in [3.05, 3.63) is 35.4 Å². The first-order valence-electron chi connectivity index (χ1n) is 7.87. The largest absolute Gasteiger partial charge is 0.334 e. The molecule has 0 saturated heterocycles. The Hall–Kier alpha value is -1.40. The van der Waals surface area contributed by atoms with E-state index in [1.54, 1.807) is 0 Å². The van der Waals surface area contributed by atoms with E-state index < -0.39 is 0 Å². The quantitative estimate of drug-likeness (QED) is 0.594. The summed E-state index contributed by atoms with van der Waals surface area (Å²) in [5.41, 5.74) is 1.87. The minimum atomic E-state index is 0.0225. The van der Waals surface area contributed by atoms with Gasteiger partial charge in [-0.25, -0.2) is 0 Å². The van der Waals surface area contributed by atoms with E-state index in [4.69, 9.17) is 6.42 Å². The van der Waals surface area contributed by atoms with Crippen LogP contribution in [-0.2, 0) is 0 Å². The molecule has 0 aliphatic rings. The molecule has 2 nitrogen and oxygen atoms in total. The topological polar surface area (TPSA) is 20.3 Å². The summed E-state index contributed by atoms with van der Waals surface area (Å²) in [6.45, 7) is 8.96. The number of carbonyl (C=O) groups is 1. The third kappa shape index (κ3) is 4.81. The molecule has 1 aromatic rings. The molecule has 0 radical (unpaired) electrons. The highest BCUT2D eigenvalue weighted by atomic mass is 32.1. The number of thiol groups is 1. The Morgan fingerprint density at radius 1 is 1.27 bits per heavy atom. The summed E-state index contributed by atoms with van der Waals surface area (Å²) in [6.07, 6.45) is 6.50. The highest BCUT2D eigenvalue weighted by Gasteiger charge is 2.30. The second-order valence-corrected chi connectivity index (χ2v) is 6.58. The van der Waals surface area contributed by atoms with Crippen molar-refractivity contribution in [3.8, 4) is 12.3 Å². The molecule has 2 atom stereocenters. The molecule has 0 aliphatic heterocycles. The van der Waals surface area contributed by atoms with Gasteiger partial charge in [0.05, 0.1) is 0 Å². The molecule has 1 amide bonds. The summed E-state index contributed by atoms with van der Waals surface area (Å²) in [5, 5.41) is 0. The molecular weight excluding hydrogens is 290 g/mol. The zero-order valence-electron chi connectivity index (χ0n) is 14.0. The van der Waals surface area contributed by atoms with Crippen LogP contribution in [0.2, 0.25) is 0 Å². The summed E-state index contributed by atoms with van der Waals surface area (Å²) in [7, 11) is 0. The number of aryl methyl sites for hydroxylation is 1. The standard InChI is InChI=1S/C19H27NOS/c1-6-16(5)18(14(2)3)20(12-7-13-22)19(21)17-10-8-15(4)9-11-17/h1,8-11,14,16,18,22H,7,12-13H2,2-5H3. The zero-order valence-corrected chi connectivity index (χ0v) is 14.9. The molecule has 1 aromatic carbocycles. The highest BCUT2D eigenvalue weighted by molar-refractivity contribution is 7.80. The first kappa shape index (κ1) is 18.6. The van der Waals surface area contributed by atoms with Gasteiger partial charge in [0, 0.05) is 24.1 Å². The minimum absolute atomic E-state index is 0.0225. The summed E-state index contributed by atoms with van der Waals surface area (Å²) in [6, 6.07) is 7.77. The van der Waals surface area contributed by atoms with Gasteiger partial charge in [-0.1, -0.05) is 31.5 Å². The van der Waals surface area contributed by atoms with E-state index in [-0.39, 0.29) is 17.9 Å². The predicted octanol–water partition coefficient (Wildman–Crippen LogP) is 4.05. The summed E-state index contributed by atoms with van der Waals surface area (Å²) in [4.78, 5) is 14.9. The Bertz CT molecular complexity index is 515. The van der Waals surface area contributed by atoms with Crippen LogP contribution >= 0.6 is 12.6 Å². The number of rotatable bonds is 7. The van der Waals surface area contributed by atoms with Crippen LogP contribution in [0.15, 0.2) is 24.3 Å². The smallest absolute Gasteiger partial charge is 0.254 e. The predicted molar refractivity (Wildman–Crippen MR) is 97.3 cm³/mol. The third-order valence-corrected chi connectivity index (χ3v) is 4.25. The van der Waals surface area contributed by atoms with Crippen LogP contribution in [0, 0.1) is 31.1 Å². The normalized spacial score (nSPS) is 13.5. The maximum Gasteiger partial charge on any atom is 0.254 e. The van der Waals surface area contributed by atoms with Crippen LogP contribution in [0.5, 0.6) is 0 Å². The van der Waals surface area contributed by atoms with Crippen molar-refractivity contribution in [3.63, 3.8) is 0 Å². The second kappa shape index (κ2) is 8.90. The van der Waals surface area contributed by atoms with Crippen molar-refractivity contribution in [1.82, 2.24) is 4.90 Å². The summed E-state index contributed by atoms with van der Waals surface area (Å²) in [5.74, 6) is 3.95. The lowest BCUT2D eigenvalue weighted by atomic mass is 9.90. The molecular formula is C19H27NOS. The Kier molecular flexibility index (Phi) is 7.55. The Morgan fingerprint density at radius 3 is 2.32 bits per heavy atom. The molecule has 0 spiro atoms. The number of benzene rings is 1. The van der Waals surface area contributed by atoms with Gasteiger partial charge in [0.25, 0.3) is 5.91 Å². The van der Waals surface area contributed by atoms with E-state index in [1.807, 2.05) is 43.0 Å². The van der Waals surface area contributed by atoms with E-state index in [2.05, 4.69) is 32.4 Å². The third-order valence-electron chi connectivity index (χ3n) is 3.93. The number of hydrogen-bond donors (Lipinski definition) is 1. The van der Waals surface area contributed by atoms with Gasteiger partial charge < -0.3 is 4.90 Å². The molecule has 0 saturated carbocycles. The van der Waals surface area contributed by atoms with E-state index >= 15 is 0 Å². The second-order valence-electron chi connectivity index (χ2n) is 6.13. The van der Waals surface area contributed by atoms with Gasteiger partial charge in [-0.15, -0.1) is 12.3 Å². The van der Waals surface area contributed by atoms with Crippen molar-refractivity contribution in [2.45, 2.75) is 40.2 Å². The zero-order chi connectivity index (χ0) is 16.7. The SMILES string of the molecule is C#CC(C)C(C(C)C)N(CCCS)C(=O)c1ccc(C)cc1. The lowest BCUT2D eigenvalue weighted by Gasteiger charge is -2.37. The van der Waals surface area contributed by atoms with Gasteiger partial charge in [0.2, 0.25) is 0 Å². The van der Waals surface area contributed by atoms with Crippen LogP contribution in [0.25, 0.3) is 0 Å². The Labute approximate surface area is 140 Å². The molecule has 0 bridgehead atoms. The van der Waals surface area contributed by atoms with Crippen LogP contribution in [0.1, 0.15) is 43.1 Å². The molecule has 0 N–H and O–H groups in total. The van der Waals surface area contributed by atoms with E-state index in [9.17, 15) is 4.79 Å². The van der Waals surface area contributed by atoms with E-state index in [1.165, 1.54) is 0 Å². The first-order chi connectivity index (χ1) is 10.4. The maximum absolute atomic E-state index is 13.0. The van der Waals surface area contributed by atoms with Crippen molar-refractivity contribution < 1.29 is 4.79 Å². The molecule has 3 heteroatoms. The Balaban J connectivity index is 3.12. The molecule has 0 aromatic heterocycles.